The molecule has 0 saturated carbocycles. The van der Waals surface area contributed by atoms with E-state index in [1.165, 1.54) is 19.2 Å². The van der Waals surface area contributed by atoms with Crippen LogP contribution >= 0.6 is 0 Å². The maximum absolute atomic E-state index is 13.6. The number of benzene rings is 1. The minimum atomic E-state index is -0.438. The van der Waals surface area contributed by atoms with Crippen molar-refractivity contribution in [3.63, 3.8) is 0 Å². The highest BCUT2D eigenvalue weighted by atomic mass is 19.1. The third kappa shape index (κ3) is 2.30. The molecule has 0 spiro atoms. The van der Waals surface area contributed by atoms with E-state index in [1.54, 1.807) is 24.1 Å². The van der Waals surface area contributed by atoms with E-state index in [2.05, 4.69) is 10.4 Å². The smallest absolute Gasteiger partial charge is 0.148 e. The number of nitrogens with zero attached hydrogens (tertiary/aromatic N) is 2. The molecule has 0 aliphatic carbocycles. The van der Waals surface area contributed by atoms with Crippen LogP contribution in [0.4, 0.5) is 21.5 Å². The molecule has 2 rings (SSSR count). The molecule has 6 heteroatoms. The summed E-state index contributed by atoms with van der Waals surface area (Å²) in [5.41, 5.74) is 6.84. The summed E-state index contributed by atoms with van der Waals surface area (Å²) in [6.07, 6.45) is 3.34. The lowest BCUT2D eigenvalue weighted by molar-refractivity contribution is 0.416. The molecule has 0 amide bonds. The maximum Gasteiger partial charge on any atom is 0.148 e. The quantitative estimate of drug-likeness (QED) is 0.799. The summed E-state index contributed by atoms with van der Waals surface area (Å²) < 4.78 is 20.3. The predicted octanol–water partition coefficient (Wildman–Crippen LogP) is 1.89. The Morgan fingerprint density at radius 2 is 2.24 bits per heavy atom. The number of methoxy groups -OCH3 is 1. The second-order valence-corrected chi connectivity index (χ2v) is 3.60. The lowest BCUT2D eigenvalue weighted by Gasteiger charge is -2.09. The number of nitrogens with two attached hydrogens (primary N) is 1. The van der Waals surface area contributed by atoms with Gasteiger partial charge in [0.1, 0.15) is 11.6 Å². The van der Waals surface area contributed by atoms with Crippen molar-refractivity contribution < 1.29 is 9.13 Å². The van der Waals surface area contributed by atoms with Crippen LogP contribution < -0.4 is 15.8 Å². The molecule has 3 N–H and O–H groups in total. The summed E-state index contributed by atoms with van der Waals surface area (Å²) in [4.78, 5) is 0. The molecule has 5 nitrogen and oxygen atoms in total. The lowest BCUT2D eigenvalue weighted by Crippen LogP contribution is -1.98. The molecule has 1 heterocycles. The molecule has 17 heavy (non-hydrogen) atoms. The fraction of sp³-hybridized carbons (Fsp3) is 0.182. The third-order valence-electron chi connectivity index (χ3n) is 2.30. The molecule has 0 atom stereocenters. The number of anilines is 3. The summed E-state index contributed by atoms with van der Waals surface area (Å²) in [6.45, 7) is 0. The fourth-order valence-electron chi connectivity index (χ4n) is 1.48. The zero-order valence-corrected chi connectivity index (χ0v) is 9.57. The summed E-state index contributed by atoms with van der Waals surface area (Å²) in [7, 11) is 3.27. The standard InChI is InChI=1S/C11H13FN4O/c1-16-6-7(5-14-16)15-10-4-11(17-2)9(13)3-8(10)12/h3-6,15H,13H2,1-2H3. The molecule has 1 aromatic carbocycles. The number of rotatable bonds is 3. The molecule has 0 aliphatic rings. The second kappa shape index (κ2) is 4.32. The summed E-state index contributed by atoms with van der Waals surface area (Å²) in [5, 5.41) is 6.88. The number of aromatic nitrogens is 2. The van der Waals surface area contributed by atoms with Gasteiger partial charge in [0.2, 0.25) is 0 Å². The number of hydrogen-bond donors (Lipinski definition) is 2. The summed E-state index contributed by atoms with van der Waals surface area (Å²) in [6, 6.07) is 2.73. The lowest BCUT2D eigenvalue weighted by atomic mass is 10.2. The van der Waals surface area contributed by atoms with Gasteiger partial charge < -0.3 is 15.8 Å². The second-order valence-electron chi connectivity index (χ2n) is 3.60. The van der Waals surface area contributed by atoms with Crippen LogP contribution in [0.2, 0.25) is 0 Å². The molecule has 2 aromatic rings. The van der Waals surface area contributed by atoms with Gasteiger partial charge in [0, 0.05) is 25.4 Å². The van der Waals surface area contributed by atoms with Crippen molar-refractivity contribution in [3.8, 4) is 5.75 Å². The van der Waals surface area contributed by atoms with Gasteiger partial charge >= 0.3 is 0 Å². The van der Waals surface area contributed by atoms with Crippen LogP contribution in [-0.4, -0.2) is 16.9 Å². The van der Waals surface area contributed by atoms with Gasteiger partial charge in [-0.3, -0.25) is 4.68 Å². The number of nitrogens with one attached hydrogen (secondary N) is 1. The van der Waals surface area contributed by atoms with Gasteiger partial charge in [-0.25, -0.2) is 4.39 Å². The highest BCUT2D eigenvalue weighted by Gasteiger charge is 2.09. The number of aryl methyl sites for hydroxylation is 1. The van der Waals surface area contributed by atoms with Crippen molar-refractivity contribution in [1.29, 1.82) is 0 Å². The third-order valence-corrected chi connectivity index (χ3v) is 2.30. The Morgan fingerprint density at radius 3 is 2.82 bits per heavy atom. The van der Waals surface area contributed by atoms with Gasteiger partial charge in [0.15, 0.2) is 0 Å². The summed E-state index contributed by atoms with van der Waals surface area (Å²) >= 11 is 0. The number of nitrogen functional groups attached to an aromatic ring is 1. The van der Waals surface area contributed by atoms with Crippen molar-refractivity contribution in [3.05, 3.63) is 30.3 Å². The zero-order chi connectivity index (χ0) is 12.4. The number of ether oxygens (including phenoxy) is 1. The van der Waals surface area contributed by atoms with Crippen LogP contribution in [0.5, 0.6) is 5.75 Å². The highest BCUT2D eigenvalue weighted by Crippen LogP contribution is 2.29. The normalized spacial score (nSPS) is 10.3. The predicted molar refractivity (Wildman–Crippen MR) is 63.9 cm³/mol. The zero-order valence-electron chi connectivity index (χ0n) is 9.57. The summed E-state index contributed by atoms with van der Waals surface area (Å²) in [5.74, 6) is -0.00931. The van der Waals surface area contributed by atoms with E-state index in [1.807, 2.05) is 0 Å². The number of halogens is 1. The molecule has 0 fully saturated rings. The molecule has 0 radical (unpaired) electrons. The van der Waals surface area contributed by atoms with Crippen molar-refractivity contribution in [2.75, 3.05) is 18.2 Å². The van der Waals surface area contributed by atoms with Gasteiger partial charge in [0.25, 0.3) is 0 Å². The van der Waals surface area contributed by atoms with Gasteiger partial charge in [0.05, 0.1) is 30.4 Å². The first-order valence-corrected chi connectivity index (χ1v) is 4.99. The first-order valence-electron chi connectivity index (χ1n) is 4.99. The van der Waals surface area contributed by atoms with Gasteiger partial charge in [-0.05, 0) is 0 Å². The molecule has 0 bridgehead atoms. The van der Waals surface area contributed by atoms with Crippen LogP contribution in [0.25, 0.3) is 0 Å². The Labute approximate surface area is 98.0 Å². The average molecular weight is 236 g/mol. The van der Waals surface area contributed by atoms with E-state index in [0.717, 1.165) is 0 Å². The monoisotopic (exact) mass is 236 g/mol. The van der Waals surface area contributed by atoms with Crippen molar-refractivity contribution in [1.82, 2.24) is 9.78 Å². The van der Waals surface area contributed by atoms with Crippen molar-refractivity contribution in [2.45, 2.75) is 0 Å². The van der Waals surface area contributed by atoms with E-state index < -0.39 is 5.82 Å². The first-order chi connectivity index (χ1) is 8.10. The Hall–Kier alpha value is -2.24. The molecule has 90 valence electrons. The topological polar surface area (TPSA) is 65.1 Å². The average Bonchev–Trinajstić information content (AvgIpc) is 2.68. The van der Waals surface area contributed by atoms with Crippen molar-refractivity contribution in [2.24, 2.45) is 7.05 Å². The van der Waals surface area contributed by atoms with Crippen LogP contribution in [0, 0.1) is 5.82 Å². The fourth-order valence-corrected chi connectivity index (χ4v) is 1.48. The minimum absolute atomic E-state index is 0.265. The molecular weight excluding hydrogens is 223 g/mol. The van der Waals surface area contributed by atoms with Crippen LogP contribution in [-0.2, 0) is 7.05 Å². The molecule has 0 aliphatic heterocycles. The van der Waals surface area contributed by atoms with E-state index in [4.69, 9.17) is 10.5 Å². The Balaban J connectivity index is 2.32. The van der Waals surface area contributed by atoms with Crippen molar-refractivity contribution >= 4 is 17.1 Å². The molecule has 0 unspecified atom stereocenters. The van der Waals surface area contributed by atoms with E-state index in [-0.39, 0.29) is 5.69 Å². The molecule has 1 aromatic heterocycles. The SMILES string of the molecule is COc1cc(Nc2cnn(C)c2)c(F)cc1N. The van der Waals surface area contributed by atoms with Gasteiger partial charge in [-0.1, -0.05) is 0 Å². The first kappa shape index (κ1) is 11.3. The maximum atomic E-state index is 13.6. The van der Waals surface area contributed by atoms with Crippen LogP contribution in [0.15, 0.2) is 24.5 Å². The Kier molecular flexibility index (Phi) is 2.86. The minimum Gasteiger partial charge on any atom is -0.495 e. The Morgan fingerprint density at radius 1 is 1.47 bits per heavy atom. The molecular formula is C11H13FN4O. The molecule has 0 saturated heterocycles. The van der Waals surface area contributed by atoms with Gasteiger partial charge in [-0.15, -0.1) is 0 Å². The van der Waals surface area contributed by atoms with E-state index >= 15 is 0 Å². The van der Waals surface area contributed by atoms with E-state index in [9.17, 15) is 4.39 Å². The number of hydrogen-bond acceptors (Lipinski definition) is 4. The van der Waals surface area contributed by atoms with E-state index in [0.29, 0.717) is 17.1 Å². The van der Waals surface area contributed by atoms with Gasteiger partial charge in [-0.2, -0.15) is 5.10 Å². The van der Waals surface area contributed by atoms with Crippen LogP contribution in [0.1, 0.15) is 0 Å². The van der Waals surface area contributed by atoms with Crippen LogP contribution in [0.3, 0.4) is 0 Å². The Bertz CT molecular complexity index is 538. The highest BCUT2D eigenvalue weighted by molar-refractivity contribution is 5.66. The largest absolute Gasteiger partial charge is 0.495 e.